The predicted molar refractivity (Wildman–Crippen MR) is 94.9 cm³/mol. The standard InChI is InChI=1S/C14H17BrN4O2S.ClH/c1-19(10-4-5-16-7-10)13(20)3-2-12-17-14(18-21-12)11-6-9(15)8-22-11;/h6,8,10,16H,2-5,7H2,1H3;1H. The normalized spacial score (nSPS) is 17.0. The quantitative estimate of drug-likeness (QED) is 0.804. The SMILES string of the molecule is CN(C(=O)CCc1nc(-c2cc(Br)cs2)no1)C1CCNC1.Cl. The number of hydrogen-bond donors (Lipinski definition) is 1. The van der Waals surface area contributed by atoms with Crippen LogP contribution in [-0.4, -0.2) is 47.1 Å². The lowest BCUT2D eigenvalue weighted by molar-refractivity contribution is -0.131. The minimum absolute atomic E-state index is 0. The molecule has 1 aliphatic heterocycles. The van der Waals surface area contributed by atoms with Crippen LogP contribution in [0.15, 0.2) is 20.4 Å². The molecule has 1 amide bonds. The van der Waals surface area contributed by atoms with Crippen LogP contribution in [0.25, 0.3) is 10.7 Å². The van der Waals surface area contributed by atoms with Gasteiger partial charge in [0, 0.05) is 42.3 Å². The van der Waals surface area contributed by atoms with Crippen molar-refractivity contribution in [2.24, 2.45) is 0 Å². The Bertz CT molecular complexity index is 657. The molecule has 0 spiro atoms. The third kappa shape index (κ3) is 4.53. The Balaban J connectivity index is 0.00000192. The van der Waals surface area contributed by atoms with E-state index in [9.17, 15) is 4.79 Å². The van der Waals surface area contributed by atoms with Crippen LogP contribution in [-0.2, 0) is 11.2 Å². The third-order valence-electron chi connectivity index (χ3n) is 3.78. The van der Waals surface area contributed by atoms with Crippen molar-refractivity contribution in [1.29, 1.82) is 0 Å². The van der Waals surface area contributed by atoms with Crippen LogP contribution in [0.2, 0.25) is 0 Å². The van der Waals surface area contributed by atoms with Crippen LogP contribution in [0.3, 0.4) is 0 Å². The molecule has 23 heavy (non-hydrogen) atoms. The van der Waals surface area contributed by atoms with Gasteiger partial charge in [-0.25, -0.2) is 0 Å². The third-order valence-corrected chi connectivity index (χ3v) is 5.47. The molecule has 1 saturated heterocycles. The van der Waals surface area contributed by atoms with Gasteiger partial charge in [-0.15, -0.1) is 23.7 Å². The van der Waals surface area contributed by atoms with Gasteiger partial charge in [-0.2, -0.15) is 4.98 Å². The number of amides is 1. The molecule has 3 rings (SSSR count). The number of aromatic nitrogens is 2. The summed E-state index contributed by atoms with van der Waals surface area (Å²) in [6, 6.07) is 2.25. The number of nitrogens with zero attached hydrogens (tertiary/aromatic N) is 3. The first kappa shape index (κ1) is 18.4. The van der Waals surface area contributed by atoms with Gasteiger partial charge < -0.3 is 14.7 Å². The molecule has 2 aromatic heterocycles. The maximum atomic E-state index is 12.2. The summed E-state index contributed by atoms with van der Waals surface area (Å²) in [5.41, 5.74) is 0. The Labute approximate surface area is 153 Å². The van der Waals surface area contributed by atoms with Crippen molar-refractivity contribution < 1.29 is 9.32 Å². The van der Waals surface area contributed by atoms with Crippen LogP contribution < -0.4 is 5.32 Å². The first-order chi connectivity index (χ1) is 10.6. The van der Waals surface area contributed by atoms with Crippen molar-refractivity contribution >= 4 is 45.6 Å². The second kappa shape index (κ2) is 8.23. The molecule has 2 aromatic rings. The van der Waals surface area contributed by atoms with Crippen LogP contribution in [0.1, 0.15) is 18.7 Å². The summed E-state index contributed by atoms with van der Waals surface area (Å²) in [5, 5.41) is 9.21. The molecule has 1 aliphatic rings. The van der Waals surface area contributed by atoms with Crippen LogP contribution in [0.4, 0.5) is 0 Å². The fraction of sp³-hybridized carbons (Fsp3) is 0.500. The van der Waals surface area contributed by atoms with Gasteiger partial charge in [0.15, 0.2) is 0 Å². The van der Waals surface area contributed by atoms with E-state index in [2.05, 4.69) is 31.4 Å². The number of likely N-dealkylation sites (N-methyl/N-ethyl adjacent to an activating group) is 1. The molecule has 0 aromatic carbocycles. The molecule has 3 heterocycles. The van der Waals surface area contributed by atoms with Gasteiger partial charge >= 0.3 is 0 Å². The minimum atomic E-state index is 0. The molecular weight excluding hydrogens is 404 g/mol. The van der Waals surface area contributed by atoms with Crippen molar-refractivity contribution in [1.82, 2.24) is 20.4 Å². The molecule has 1 N–H and O–H groups in total. The van der Waals surface area contributed by atoms with Crippen molar-refractivity contribution in [2.45, 2.75) is 25.3 Å². The van der Waals surface area contributed by atoms with Gasteiger partial charge in [-0.05, 0) is 35.0 Å². The van der Waals surface area contributed by atoms with Crippen molar-refractivity contribution in [3.05, 3.63) is 21.8 Å². The van der Waals surface area contributed by atoms with E-state index in [0.717, 1.165) is 28.9 Å². The molecule has 6 nitrogen and oxygen atoms in total. The van der Waals surface area contributed by atoms with Gasteiger partial charge in [-0.1, -0.05) is 5.16 Å². The van der Waals surface area contributed by atoms with Gasteiger partial charge in [0.25, 0.3) is 0 Å². The molecule has 126 valence electrons. The number of rotatable bonds is 5. The average molecular weight is 422 g/mol. The van der Waals surface area contributed by atoms with Crippen LogP contribution in [0.5, 0.6) is 0 Å². The first-order valence-corrected chi connectivity index (χ1v) is 8.84. The number of carbonyl (C=O) groups excluding carboxylic acids is 1. The Hall–Kier alpha value is -0.960. The van der Waals surface area contributed by atoms with E-state index >= 15 is 0 Å². The number of thiophene rings is 1. The lowest BCUT2D eigenvalue weighted by Gasteiger charge is -2.23. The second-order valence-corrected chi connectivity index (χ2v) is 7.12. The summed E-state index contributed by atoms with van der Waals surface area (Å²) < 4.78 is 6.23. The summed E-state index contributed by atoms with van der Waals surface area (Å²) in [5.74, 6) is 1.20. The minimum Gasteiger partial charge on any atom is -0.341 e. The number of hydrogen-bond acceptors (Lipinski definition) is 6. The monoisotopic (exact) mass is 420 g/mol. The van der Waals surface area contributed by atoms with E-state index in [1.165, 1.54) is 0 Å². The largest absolute Gasteiger partial charge is 0.341 e. The zero-order chi connectivity index (χ0) is 15.5. The zero-order valence-corrected chi connectivity index (χ0v) is 15.8. The number of aryl methyl sites for hydroxylation is 1. The first-order valence-electron chi connectivity index (χ1n) is 7.17. The fourth-order valence-electron chi connectivity index (χ4n) is 2.45. The Morgan fingerprint density at radius 1 is 1.61 bits per heavy atom. The number of nitrogens with one attached hydrogen (secondary N) is 1. The highest BCUT2D eigenvalue weighted by Crippen LogP contribution is 2.27. The molecule has 1 atom stereocenters. The highest BCUT2D eigenvalue weighted by molar-refractivity contribution is 9.10. The van der Waals surface area contributed by atoms with E-state index in [1.54, 1.807) is 11.3 Å². The topological polar surface area (TPSA) is 71.3 Å². The van der Waals surface area contributed by atoms with Gasteiger partial charge in [-0.3, -0.25) is 4.79 Å². The summed E-state index contributed by atoms with van der Waals surface area (Å²) in [7, 11) is 1.86. The summed E-state index contributed by atoms with van der Waals surface area (Å²) in [4.78, 5) is 19.3. The molecule has 0 aliphatic carbocycles. The van der Waals surface area contributed by atoms with Crippen LogP contribution >= 0.6 is 39.7 Å². The van der Waals surface area contributed by atoms with Gasteiger partial charge in [0.1, 0.15) is 0 Å². The maximum absolute atomic E-state index is 12.2. The van der Waals surface area contributed by atoms with E-state index in [0.29, 0.717) is 30.6 Å². The molecule has 1 fully saturated rings. The molecular formula is C14H18BrClN4O2S. The second-order valence-electron chi connectivity index (χ2n) is 5.29. The Morgan fingerprint density at radius 2 is 2.43 bits per heavy atom. The van der Waals surface area contributed by atoms with Gasteiger partial charge in [0.2, 0.25) is 17.6 Å². The van der Waals surface area contributed by atoms with E-state index in [1.807, 2.05) is 23.4 Å². The molecule has 0 saturated carbocycles. The fourth-order valence-corrected chi connectivity index (χ4v) is 3.80. The van der Waals surface area contributed by atoms with E-state index < -0.39 is 0 Å². The van der Waals surface area contributed by atoms with E-state index in [-0.39, 0.29) is 18.3 Å². The van der Waals surface area contributed by atoms with Crippen LogP contribution in [0, 0.1) is 0 Å². The number of carbonyl (C=O) groups is 1. The zero-order valence-electron chi connectivity index (χ0n) is 12.6. The van der Waals surface area contributed by atoms with Gasteiger partial charge in [0.05, 0.1) is 4.88 Å². The van der Waals surface area contributed by atoms with Crippen molar-refractivity contribution in [3.8, 4) is 10.7 Å². The average Bonchev–Trinajstić information content (AvgIpc) is 3.24. The van der Waals surface area contributed by atoms with Crippen molar-refractivity contribution in [3.63, 3.8) is 0 Å². The highest BCUT2D eigenvalue weighted by Gasteiger charge is 2.23. The maximum Gasteiger partial charge on any atom is 0.227 e. The van der Waals surface area contributed by atoms with E-state index in [4.69, 9.17) is 4.52 Å². The lowest BCUT2D eigenvalue weighted by Crippen LogP contribution is -2.38. The highest BCUT2D eigenvalue weighted by atomic mass is 79.9. The molecule has 9 heteroatoms. The summed E-state index contributed by atoms with van der Waals surface area (Å²) >= 11 is 4.95. The molecule has 0 bridgehead atoms. The summed E-state index contributed by atoms with van der Waals surface area (Å²) in [6.45, 7) is 1.85. The smallest absolute Gasteiger partial charge is 0.227 e. The van der Waals surface area contributed by atoms with Crippen molar-refractivity contribution in [2.75, 3.05) is 20.1 Å². The predicted octanol–water partition coefficient (Wildman–Crippen LogP) is 2.74. The Kier molecular flexibility index (Phi) is 6.58. The summed E-state index contributed by atoms with van der Waals surface area (Å²) in [6.07, 6.45) is 1.88. The lowest BCUT2D eigenvalue weighted by atomic mass is 10.2. The molecule has 1 unspecified atom stereocenters. The number of halogens is 2. The molecule has 0 radical (unpaired) electrons. The Morgan fingerprint density at radius 3 is 3.09 bits per heavy atom.